The molecule has 0 spiro atoms. The molecule has 1 aromatic rings. The number of halogens is 1. The van der Waals surface area contributed by atoms with Crippen LogP contribution >= 0.6 is 11.6 Å². The van der Waals surface area contributed by atoms with Gasteiger partial charge in [-0.25, -0.2) is 0 Å². The van der Waals surface area contributed by atoms with E-state index in [0.717, 1.165) is 61.9 Å². The molecule has 3 rings (SSSR count). The van der Waals surface area contributed by atoms with E-state index in [1.54, 1.807) is 0 Å². The van der Waals surface area contributed by atoms with Crippen LogP contribution in [0.25, 0.3) is 0 Å². The van der Waals surface area contributed by atoms with Gasteiger partial charge >= 0.3 is 0 Å². The van der Waals surface area contributed by atoms with Crippen molar-refractivity contribution in [3.05, 3.63) is 34.9 Å². The molecule has 0 unspecified atom stereocenters. The molecule has 0 aromatic heterocycles. The Morgan fingerprint density at radius 1 is 1.18 bits per heavy atom. The van der Waals surface area contributed by atoms with Crippen molar-refractivity contribution in [2.45, 2.75) is 77.2 Å². The van der Waals surface area contributed by atoms with Crippen LogP contribution in [0.15, 0.2) is 24.3 Å². The predicted molar refractivity (Wildman–Crippen MR) is 139 cm³/mol. The lowest BCUT2D eigenvalue weighted by Crippen LogP contribution is -2.43. The number of hydrogen-bond acceptors (Lipinski definition) is 4. The molecule has 2 fully saturated rings. The summed E-state index contributed by atoms with van der Waals surface area (Å²) in [6, 6.07) is 7.98. The highest BCUT2D eigenvalue weighted by molar-refractivity contribution is 6.30. The van der Waals surface area contributed by atoms with Gasteiger partial charge in [0.05, 0.1) is 6.10 Å². The average Bonchev–Trinajstić information content (AvgIpc) is 2.86. The van der Waals surface area contributed by atoms with Crippen molar-refractivity contribution in [1.82, 2.24) is 4.90 Å². The van der Waals surface area contributed by atoms with Crippen LogP contribution in [0.4, 0.5) is 0 Å². The van der Waals surface area contributed by atoms with Crippen LogP contribution in [0.3, 0.4) is 0 Å². The molecule has 1 aliphatic carbocycles. The second-order valence-electron chi connectivity index (χ2n) is 10.2. The summed E-state index contributed by atoms with van der Waals surface area (Å²) in [5.74, 6) is 1.58. The molecule has 1 amide bonds. The molecule has 2 N–H and O–H groups in total. The first kappa shape index (κ1) is 27.4. The minimum Gasteiger partial charge on any atom is -0.382 e. The number of piperidine rings is 1. The Balaban J connectivity index is 1.59. The topological polar surface area (TPSA) is 64.8 Å². The molecule has 1 heterocycles. The SMILES string of the molecule is CCOCCCO[C@@H](c1cccc(Cl)c1)[C@@H]1CCCN(C(=O)C[C@H](CN)CC2CCCCC2)C1. The third-order valence-electron chi connectivity index (χ3n) is 7.54. The molecule has 1 aromatic carbocycles. The molecule has 0 bridgehead atoms. The summed E-state index contributed by atoms with van der Waals surface area (Å²) >= 11 is 6.31. The fourth-order valence-corrected chi connectivity index (χ4v) is 5.92. The lowest BCUT2D eigenvalue weighted by atomic mass is 9.81. The van der Waals surface area contributed by atoms with Crippen molar-refractivity contribution in [2.75, 3.05) is 39.5 Å². The number of carbonyl (C=O) groups excluding carboxylic acids is 1. The van der Waals surface area contributed by atoms with Gasteiger partial charge in [-0.15, -0.1) is 0 Å². The van der Waals surface area contributed by atoms with Gasteiger partial charge in [0.2, 0.25) is 5.91 Å². The molecule has 34 heavy (non-hydrogen) atoms. The molecule has 0 radical (unpaired) electrons. The Kier molecular flexibility index (Phi) is 12.2. The lowest BCUT2D eigenvalue weighted by molar-refractivity contribution is -0.135. The van der Waals surface area contributed by atoms with Gasteiger partial charge in [-0.2, -0.15) is 0 Å². The Hall–Kier alpha value is -1.14. The monoisotopic (exact) mass is 492 g/mol. The predicted octanol–water partition coefficient (Wildman–Crippen LogP) is 6.00. The third kappa shape index (κ3) is 8.82. The largest absolute Gasteiger partial charge is 0.382 e. The Morgan fingerprint density at radius 2 is 2.00 bits per heavy atom. The summed E-state index contributed by atoms with van der Waals surface area (Å²) in [6.07, 6.45) is 11.2. The number of benzene rings is 1. The molecular formula is C28H45ClN2O3. The van der Waals surface area contributed by atoms with Crippen molar-refractivity contribution < 1.29 is 14.3 Å². The van der Waals surface area contributed by atoms with E-state index < -0.39 is 0 Å². The van der Waals surface area contributed by atoms with Crippen molar-refractivity contribution >= 4 is 17.5 Å². The van der Waals surface area contributed by atoms with Crippen molar-refractivity contribution in [1.29, 1.82) is 0 Å². The van der Waals surface area contributed by atoms with Crippen LogP contribution in [0, 0.1) is 17.8 Å². The first-order valence-electron chi connectivity index (χ1n) is 13.5. The highest BCUT2D eigenvalue weighted by Crippen LogP contribution is 2.35. The highest BCUT2D eigenvalue weighted by atomic mass is 35.5. The summed E-state index contributed by atoms with van der Waals surface area (Å²) in [5.41, 5.74) is 7.21. The zero-order valence-corrected chi connectivity index (χ0v) is 21.8. The molecule has 1 saturated heterocycles. The molecule has 5 nitrogen and oxygen atoms in total. The van der Waals surface area contributed by atoms with Crippen LogP contribution in [0.5, 0.6) is 0 Å². The molecule has 1 aliphatic heterocycles. The fourth-order valence-electron chi connectivity index (χ4n) is 5.72. The molecule has 6 heteroatoms. The zero-order chi connectivity index (χ0) is 24.2. The highest BCUT2D eigenvalue weighted by Gasteiger charge is 2.32. The van der Waals surface area contributed by atoms with Gasteiger partial charge in [0, 0.05) is 50.3 Å². The molecule has 192 valence electrons. The normalized spacial score (nSPS) is 21.4. The lowest BCUT2D eigenvalue weighted by Gasteiger charge is -2.38. The number of hydrogen-bond donors (Lipinski definition) is 1. The van der Waals surface area contributed by atoms with E-state index in [1.807, 2.05) is 25.1 Å². The first-order chi connectivity index (χ1) is 16.6. The van der Waals surface area contributed by atoms with Gasteiger partial charge in [0.1, 0.15) is 0 Å². The average molecular weight is 493 g/mol. The summed E-state index contributed by atoms with van der Waals surface area (Å²) in [6.45, 7) is 6.25. The molecular weight excluding hydrogens is 448 g/mol. The molecule has 1 saturated carbocycles. The first-order valence-corrected chi connectivity index (χ1v) is 13.9. The van der Waals surface area contributed by atoms with Gasteiger partial charge in [-0.3, -0.25) is 4.79 Å². The van der Waals surface area contributed by atoms with Crippen LogP contribution in [0.2, 0.25) is 5.02 Å². The maximum atomic E-state index is 13.3. The fraction of sp³-hybridized carbons (Fsp3) is 0.750. The zero-order valence-electron chi connectivity index (χ0n) is 21.1. The molecule has 2 aliphatic rings. The number of rotatable bonds is 13. The minimum absolute atomic E-state index is 0.0662. The standard InChI is InChI=1S/C28H45ClN2O3/c1-2-33-15-8-16-34-28(24-11-6-13-26(29)19-24)25-12-7-14-31(21-25)27(32)18-23(20-30)17-22-9-4-3-5-10-22/h6,11,13,19,22-23,25,28H,2-5,7-10,12,14-18,20-21,30H2,1H3/t23-,25-,28+/m1/s1. The van der Waals surface area contributed by atoms with E-state index in [1.165, 1.54) is 32.1 Å². The van der Waals surface area contributed by atoms with E-state index in [9.17, 15) is 4.79 Å². The van der Waals surface area contributed by atoms with Gasteiger partial charge in [0.25, 0.3) is 0 Å². The number of nitrogens with zero attached hydrogens (tertiary/aromatic N) is 1. The summed E-state index contributed by atoms with van der Waals surface area (Å²) in [4.78, 5) is 15.4. The van der Waals surface area contributed by atoms with Crippen molar-refractivity contribution in [2.24, 2.45) is 23.5 Å². The van der Waals surface area contributed by atoms with E-state index in [4.69, 9.17) is 26.8 Å². The van der Waals surface area contributed by atoms with Crippen LogP contribution in [0.1, 0.15) is 82.8 Å². The van der Waals surface area contributed by atoms with Gasteiger partial charge in [-0.1, -0.05) is 55.8 Å². The van der Waals surface area contributed by atoms with Gasteiger partial charge in [0.15, 0.2) is 0 Å². The quantitative estimate of drug-likeness (QED) is 0.343. The summed E-state index contributed by atoms with van der Waals surface area (Å²) in [7, 11) is 0. The maximum Gasteiger partial charge on any atom is 0.222 e. The Morgan fingerprint density at radius 3 is 2.74 bits per heavy atom. The second-order valence-corrected chi connectivity index (χ2v) is 10.6. The van der Waals surface area contributed by atoms with E-state index in [2.05, 4.69) is 11.0 Å². The van der Waals surface area contributed by atoms with Crippen LogP contribution in [-0.2, 0) is 14.3 Å². The summed E-state index contributed by atoms with van der Waals surface area (Å²) in [5, 5.41) is 0.720. The van der Waals surface area contributed by atoms with E-state index in [-0.39, 0.29) is 17.9 Å². The van der Waals surface area contributed by atoms with E-state index in [0.29, 0.717) is 32.1 Å². The number of carbonyl (C=O) groups is 1. The van der Waals surface area contributed by atoms with Crippen molar-refractivity contribution in [3.8, 4) is 0 Å². The van der Waals surface area contributed by atoms with Crippen molar-refractivity contribution in [3.63, 3.8) is 0 Å². The third-order valence-corrected chi connectivity index (χ3v) is 7.77. The number of ether oxygens (including phenoxy) is 2. The second kappa shape index (κ2) is 15.1. The summed E-state index contributed by atoms with van der Waals surface area (Å²) < 4.78 is 11.9. The van der Waals surface area contributed by atoms with Gasteiger partial charge < -0.3 is 20.1 Å². The number of amides is 1. The minimum atomic E-state index is -0.0662. The Bertz CT molecular complexity index is 725. The van der Waals surface area contributed by atoms with E-state index >= 15 is 0 Å². The Labute approximate surface area is 211 Å². The molecule has 3 atom stereocenters. The number of nitrogens with two attached hydrogens (primary N) is 1. The number of likely N-dealkylation sites (tertiary alicyclic amines) is 1. The maximum absolute atomic E-state index is 13.3. The smallest absolute Gasteiger partial charge is 0.222 e. The van der Waals surface area contributed by atoms with Crippen LogP contribution < -0.4 is 5.73 Å². The van der Waals surface area contributed by atoms with Crippen LogP contribution in [-0.4, -0.2) is 50.3 Å². The van der Waals surface area contributed by atoms with Gasteiger partial charge in [-0.05, 0) is 68.7 Å².